The number of rotatable bonds is 7. The van der Waals surface area contributed by atoms with Crippen molar-refractivity contribution in [3.8, 4) is 0 Å². The van der Waals surface area contributed by atoms with Gasteiger partial charge in [0, 0.05) is 23.6 Å². The highest BCUT2D eigenvalue weighted by Gasteiger charge is 2.15. The van der Waals surface area contributed by atoms with Crippen molar-refractivity contribution in [2.24, 2.45) is 0 Å². The highest BCUT2D eigenvalue weighted by atomic mass is 32.2. The molecule has 0 aliphatic carbocycles. The van der Waals surface area contributed by atoms with Crippen LogP contribution in [-0.4, -0.2) is 20.9 Å². The van der Waals surface area contributed by atoms with Gasteiger partial charge in [-0.15, -0.1) is 0 Å². The minimum absolute atomic E-state index is 0.102. The standard InChI is InChI=1S/C24H21NO6S/c1-16-6-9-19(10-7-16)32(28,29)25-13-12-22(26)30-15-18-14-23(27)31-21-11-8-17-4-2-3-5-20(17)24(18)21/h2-11,14,25H,12-13,15H2,1H3. The van der Waals surface area contributed by atoms with Gasteiger partial charge in [-0.25, -0.2) is 17.9 Å². The maximum absolute atomic E-state index is 12.3. The largest absolute Gasteiger partial charge is 0.461 e. The minimum atomic E-state index is -3.71. The first-order valence-corrected chi connectivity index (χ1v) is 11.5. The van der Waals surface area contributed by atoms with Gasteiger partial charge in [0.25, 0.3) is 0 Å². The molecule has 0 aliphatic rings. The summed E-state index contributed by atoms with van der Waals surface area (Å²) in [5.41, 5.74) is 1.35. The molecule has 0 aliphatic heterocycles. The Morgan fingerprint density at radius 2 is 1.78 bits per heavy atom. The molecule has 4 rings (SSSR count). The summed E-state index contributed by atoms with van der Waals surface area (Å²) in [6.45, 7) is 1.64. The van der Waals surface area contributed by atoms with Crippen LogP contribution in [0.25, 0.3) is 21.7 Å². The van der Waals surface area contributed by atoms with E-state index in [9.17, 15) is 18.0 Å². The SMILES string of the molecule is Cc1ccc(S(=O)(=O)NCCC(=O)OCc2cc(=O)oc3ccc4ccccc4c23)cc1. The van der Waals surface area contributed by atoms with E-state index in [0.717, 1.165) is 16.3 Å². The predicted octanol–water partition coefficient (Wildman–Crippen LogP) is 3.67. The molecular weight excluding hydrogens is 430 g/mol. The summed E-state index contributed by atoms with van der Waals surface area (Å²) in [4.78, 5) is 24.3. The van der Waals surface area contributed by atoms with Gasteiger partial charge in [-0.05, 0) is 35.9 Å². The third-order valence-corrected chi connectivity index (χ3v) is 6.53. The second kappa shape index (κ2) is 8.94. The zero-order valence-electron chi connectivity index (χ0n) is 17.3. The maximum atomic E-state index is 12.3. The molecule has 0 spiro atoms. The average Bonchev–Trinajstić information content (AvgIpc) is 2.77. The van der Waals surface area contributed by atoms with Crippen LogP contribution in [-0.2, 0) is 26.2 Å². The van der Waals surface area contributed by atoms with E-state index in [0.29, 0.717) is 16.5 Å². The molecule has 3 aromatic carbocycles. The molecule has 32 heavy (non-hydrogen) atoms. The minimum Gasteiger partial charge on any atom is -0.461 e. The Hall–Kier alpha value is -3.49. The number of aryl methyl sites for hydroxylation is 1. The molecule has 1 aromatic heterocycles. The van der Waals surface area contributed by atoms with Gasteiger partial charge in [0.15, 0.2) is 0 Å². The number of sulfonamides is 1. The third kappa shape index (κ3) is 4.71. The summed E-state index contributed by atoms with van der Waals surface area (Å²) >= 11 is 0. The molecule has 1 N–H and O–H groups in total. The van der Waals surface area contributed by atoms with Gasteiger partial charge >= 0.3 is 11.6 Å². The normalized spacial score (nSPS) is 11.7. The summed E-state index contributed by atoms with van der Waals surface area (Å²) < 4.78 is 37.6. The number of fused-ring (bicyclic) bond motifs is 3. The van der Waals surface area contributed by atoms with Crippen LogP contribution >= 0.6 is 0 Å². The summed E-state index contributed by atoms with van der Waals surface area (Å²) in [6.07, 6.45) is -0.148. The molecule has 164 valence electrons. The van der Waals surface area contributed by atoms with Crippen molar-refractivity contribution in [1.29, 1.82) is 0 Å². The van der Waals surface area contributed by atoms with Crippen LogP contribution in [0.4, 0.5) is 0 Å². The van der Waals surface area contributed by atoms with E-state index in [1.54, 1.807) is 18.2 Å². The first-order valence-electron chi connectivity index (χ1n) is 10.00. The molecule has 0 fully saturated rings. The molecule has 0 bridgehead atoms. The van der Waals surface area contributed by atoms with Gasteiger partial charge in [-0.2, -0.15) is 0 Å². The highest BCUT2D eigenvalue weighted by Crippen LogP contribution is 2.27. The Kier molecular flexibility index (Phi) is 6.07. The van der Waals surface area contributed by atoms with Gasteiger partial charge < -0.3 is 9.15 Å². The highest BCUT2D eigenvalue weighted by molar-refractivity contribution is 7.89. The van der Waals surface area contributed by atoms with Gasteiger partial charge in [0.1, 0.15) is 12.2 Å². The fourth-order valence-corrected chi connectivity index (χ4v) is 4.48. The lowest BCUT2D eigenvalue weighted by Crippen LogP contribution is -2.26. The quantitative estimate of drug-likeness (QED) is 0.261. The summed E-state index contributed by atoms with van der Waals surface area (Å²) in [5.74, 6) is -0.585. The van der Waals surface area contributed by atoms with E-state index < -0.39 is 21.6 Å². The first kappa shape index (κ1) is 21.7. The lowest BCUT2D eigenvalue weighted by Gasteiger charge is -2.10. The summed E-state index contributed by atoms with van der Waals surface area (Å²) in [7, 11) is -3.71. The molecule has 4 aromatic rings. The topological polar surface area (TPSA) is 103 Å². The number of ether oxygens (including phenoxy) is 1. The van der Waals surface area contributed by atoms with Crippen molar-refractivity contribution in [1.82, 2.24) is 4.72 Å². The summed E-state index contributed by atoms with van der Waals surface area (Å²) in [5, 5.41) is 2.55. The lowest BCUT2D eigenvalue weighted by atomic mass is 10.0. The van der Waals surface area contributed by atoms with Gasteiger partial charge in [-0.3, -0.25) is 4.79 Å². The van der Waals surface area contributed by atoms with Crippen LogP contribution in [0.15, 0.2) is 80.8 Å². The molecule has 7 nitrogen and oxygen atoms in total. The Morgan fingerprint density at radius 1 is 1.03 bits per heavy atom. The number of benzene rings is 3. The van der Waals surface area contributed by atoms with Crippen molar-refractivity contribution in [3.05, 3.63) is 88.3 Å². The number of carbonyl (C=O) groups is 1. The fraction of sp³-hybridized carbons (Fsp3) is 0.167. The molecule has 0 saturated carbocycles. The summed E-state index contributed by atoms with van der Waals surface area (Å²) in [6, 6.07) is 18.9. The Balaban J connectivity index is 1.43. The smallest absolute Gasteiger partial charge is 0.336 e. The number of carbonyl (C=O) groups excluding carboxylic acids is 1. The van der Waals surface area contributed by atoms with E-state index in [-0.39, 0.29) is 24.5 Å². The van der Waals surface area contributed by atoms with Crippen molar-refractivity contribution in [2.75, 3.05) is 6.54 Å². The zero-order valence-corrected chi connectivity index (χ0v) is 18.1. The molecular formula is C24H21NO6S. The van der Waals surface area contributed by atoms with Crippen LogP contribution in [0, 0.1) is 6.92 Å². The molecule has 0 atom stereocenters. The second-order valence-electron chi connectivity index (χ2n) is 7.37. The van der Waals surface area contributed by atoms with Crippen molar-refractivity contribution >= 4 is 37.7 Å². The molecule has 0 unspecified atom stereocenters. The van der Waals surface area contributed by atoms with Crippen LogP contribution < -0.4 is 10.3 Å². The monoisotopic (exact) mass is 451 g/mol. The number of esters is 1. The van der Waals surface area contributed by atoms with Crippen molar-refractivity contribution in [2.45, 2.75) is 24.8 Å². The Bertz CT molecular complexity index is 1460. The molecule has 1 heterocycles. The van der Waals surface area contributed by atoms with Crippen LogP contribution in [0.1, 0.15) is 17.5 Å². The van der Waals surface area contributed by atoms with E-state index in [4.69, 9.17) is 9.15 Å². The fourth-order valence-electron chi connectivity index (χ4n) is 3.45. The average molecular weight is 452 g/mol. The van der Waals surface area contributed by atoms with Crippen LogP contribution in [0.3, 0.4) is 0 Å². The Morgan fingerprint density at radius 3 is 2.56 bits per heavy atom. The number of nitrogens with one attached hydrogen (secondary N) is 1. The Labute approximate surface area is 184 Å². The van der Waals surface area contributed by atoms with Gasteiger partial charge in [0.05, 0.1) is 11.3 Å². The van der Waals surface area contributed by atoms with E-state index in [2.05, 4.69) is 4.72 Å². The number of hydrogen-bond acceptors (Lipinski definition) is 6. The van der Waals surface area contributed by atoms with Crippen LogP contribution in [0.5, 0.6) is 0 Å². The van der Waals surface area contributed by atoms with E-state index in [1.165, 1.54) is 18.2 Å². The molecule has 0 saturated heterocycles. The lowest BCUT2D eigenvalue weighted by molar-refractivity contribution is -0.144. The first-order chi connectivity index (χ1) is 15.3. The zero-order chi connectivity index (χ0) is 22.7. The van der Waals surface area contributed by atoms with Gasteiger partial charge in [-0.1, -0.05) is 48.0 Å². The van der Waals surface area contributed by atoms with E-state index in [1.807, 2.05) is 37.3 Å². The van der Waals surface area contributed by atoms with E-state index >= 15 is 0 Å². The van der Waals surface area contributed by atoms with Crippen molar-refractivity contribution in [3.63, 3.8) is 0 Å². The second-order valence-corrected chi connectivity index (χ2v) is 9.14. The van der Waals surface area contributed by atoms with Gasteiger partial charge in [0.2, 0.25) is 10.0 Å². The number of hydrogen-bond donors (Lipinski definition) is 1. The van der Waals surface area contributed by atoms with Crippen molar-refractivity contribution < 1.29 is 22.4 Å². The predicted molar refractivity (Wildman–Crippen MR) is 121 cm³/mol. The third-order valence-electron chi connectivity index (χ3n) is 5.06. The maximum Gasteiger partial charge on any atom is 0.336 e. The van der Waals surface area contributed by atoms with Crippen LogP contribution in [0.2, 0.25) is 0 Å². The molecule has 0 amide bonds. The molecule has 0 radical (unpaired) electrons. The molecule has 8 heteroatoms.